The fourth-order valence-corrected chi connectivity index (χ4v) is 6.08. The minimum atomic E-state index is -3.74. The van der Waals surface area contributed by atoms with Gasteiger partial charge in [0.1, 0.15) is 5.82 Å². The minimum absolute atomic E-state index is 0.114. The summed E-state index contributed by atoms with van der Waals surface area (Å²) in [6, 6.07) is 19.7. The number of hydrogen-bond donors (Lipinski definition) is 3. The first kappa shape index (κ1) is 22.9. The van der Waals surface area contributed by atoms with Crippen LogP contribution < -0.4 is 16.4 Å². The predicted octanol–water partition coefficient (Wildman–Crippen LogP) is 5.79. The highest BCUT2D eigenvalue weighted by molar-refractivity contribution is 7.65. The van der Waals surface area contributed by atoms with Gasteiger partial charge in [-0.2, -0.15) is 0 Å². The van der Waals surface area contributed by atoms with Gasteiger partial charge in [-0.05, 0) is 77.5 Å². The number of thiophene rings is 1. The van der Waals surface area contributed by atoms with Crippen molar-refractivity contribution in [1.29, 1.82) is 0 Å². The minimum Gasteiger partial charge on any atom is -0.397 e. The third kappa shape index (κ3) is 5.22. The molecule has 0 radical (unpaired) electrons. The van der Waals surface area contributed by atoms with E-state index in [-0.39, 0.29) is 17.4 Å². The molecule has 3 aromatic carbocycles. The van der Waals surface area contributed by atoms with Gasteiger partial charge in [0.15, 0.2) is 0 Å². The number of anilines is 2. The number of nitrogens with one attached hydrogen (secondary N) is 1. The summed E-state index contributed by atoms with van der Waals surface area (Å²) in [5.74, 6) is -0.786. The first-order valence-electron chi connectivity index (χ1n) is 10.2. The summed E-state index contributed by atoms with van der Waals surface area (Å²) in [7, 11) is -3.74. The molecule has 4 rings (SSSR count). The van der Waals surface area contributed by atoms with Crippen molar-refractivity contribution in [3.05, 3.63) is 101 Å². The van der Waals surface area contributed by atoms with Crippen molar-refractivity contribution in [2.45, 2.75) is 13.1 Å². The predicted molar refractivity (Wildman–Crippen MR) is 133 cm³/mol. The number of aryl methyl sites for hydroxylation is 1. The van der Waals surface area contributed by atoms with Crippen molar-refractivity contribution in [2.75, 3.05) is 11.1 Å². The second-order valence-corrected chi connectivity index (χ2v) is 10.9. The number of rotatable bonds is 6. The Balaban J connectivity index is 1.49. The van der Waals surface area contributed by atoms with Gasteiger partial charge in [-0.15, -0.1) is 11.3 Å². The van der Waals surface area contributed by atoms with E-state index in [2.05, 4.69) is 5.32 Å². The second kappa shape index (κ2) is 9.32. The topological polar surface area (TPSA) is 92.4 Å². The molecular weight excluding hydrogens is 458 g/mol. The van der Waals surface area contributed by atoms with Crippen molar-refractivity contribution >= 4 is 41.3 Å². The number of nitrogen functional groups attached to an aromatic ring is 1. The van der Waals surface area contributed by atoms with Gasteiger partial charge in [-0.1, -0.05) is 24.3 Å². The molecule has 1 amide bonds. The van der Waals surface area contributed by atoms with E-state index in [1.165, 1.54) is 18.2 Å². The van der Waals surface area contributed by atoms with Gasteiger partial charge in [-0.3, -0.25) is 9.36 Å². The highest BCUT2D eigenvalue weighted by atomic mass is 32.1. The summed E-state index contributed by atoms with van der Waals surface area (Å²) >= 11 is 1.60. The Labute approximate surface area is 195 Å². The molecule has 0 spiro atoms. The maximum absolute atomic E-state index is 13.3. The lowest BCUT2D eigenvalue weighted by atomic mass is 10.1. The largest absolute Gasteiger partial charge is 0.397 e. The normalized spacial score (nSPS) is 12.8. The van der Waals surface area contributed by atoms with Crippen LogP contribution in [0.3, 0.4) is 0 Å². The van der Waals surface area contributed by atoms with Crippen molar-refractivity contribution in [3.8, 4) is 10.4 Å². The van der Waals surface area contributed by atoms with E-state index < -0.39 is 13.2 Å². The molecule has 0 saturated carbocycles. The number of amides is 1. The number of halogens is 1. The Hall–Kier alpha value is -3.25. The van der Waals surface area contributed by atoms with Crippen LogP contribution in [-0.4, -0.2) is 10.8 Å². The SMILES string of the molecule is Cc1cc(F)ccc1P(=O)(O)Cc1ccc(C(=O)Nc2cc(-c3cccs3)ccc2N)cc1. The van der Waals surface area contributed by atoms with Crippen LogP contribution in [0.25, 0.3) is 10.4 Å². The molecule has 0 aliphatic carbocycles. The molecule has 1 unspecified atom stereocenters. The lowest BCUT2D eigenvalue weighted by Crippen LogP contribution is -2.13. The molecular formula is C25H22FN2O3PS. The summed E-state index contributed by atoms with van der Waals surface area (Å²) in [6.07, 6.45) is -0.114. The number of nitrogens with two attached hydrogens (primary N) is 1. The smallest absolute Gasteiger partial charge is 0.255 e. The van der Waals surface area contributed by atoms with E-state index in [1.807, 2.05) is 29.6 Å². The van der Waals surface area contributed by atoms with Gasteiger partial charge in [0.05, 0.1) is 17.5 Å². The van der Waals surface area contributed by atoms with Crippen LogP contribution in [0.5, 0.6) is 0 Å². The molecule has 33 heavy (non-hydrogen) atoms. The fourth-order valence-electron chi connectivity index (χ4n) is 3.56. The van der Waals surface area contributed by atoms with E-state index >= 15 is 0 Å². The Bertz CT molecular complexity index is 1350. The van der Waals surface area contributed by atoms with Gasteiger partial charge in [-0.25, -0.2) is 4.39 Å². The van der Waals surface area contributed by atoms with Crippen molar-refractivity contribution < 1.29 is 18.6 Å². The fraction of sp³-hybridized carbons (Fsp3) is 0.0800. The molecule has 1 heterocycles. The molecule has 8 heteroatoms. The lowest BCUT2D eigenvalue weighted by Gasteiger charge is -2.15. The highest BCUT2D eigenvalue weighted by Crippen LogP contribution is 2.44. The Morgan fingerprint density at radius 1 is 1.09 bits per heavy atom. The zero-order valence-corrected chi connectivity index (χ0v) is 19.5. The van der Waals surface area contributed by atoms with Gasteiger partial charge in [0.25, 0.3) is 5.91 Å². The molecule has 0 aliphatic rings. The van der Waals surface area contributed by atoms with Crippen LogP contribution in [0.15, 0.2) is 78.2 Å². The van der Waals surface area contributed by atoms with Crippen LogP contribution in [0.2, 0.25) is 0 Å². The van der Waals surface area contributed by atoms with E-state index in [4.69, 9.17) is 5.73 Å². The van der Waals surface area contributed by atoms with Crippen LogP contribution in [0.4, 0.5) is 15.8 Å². The van der Waals surface area contributed by atoms with Gasteiger partial charge >= 0.3 is 0 Å². The lowest BCUT2D eigenvalue weighted by molar-refractivity contribution is 0.102. The third-order valence-electron chi connectivity index (χ3n) is 5.26. The molecule has 0 bridgehead atoms. The molecule has 0 fully saturated rings. The zero-order chi connectivity index (χ0) is 23.6. The summed E-state index contributed by atoms with van der Waals surface area (Å²) in [6.45, 7) is 1.61. The molecule has 168 valence electrons. The van der Waals surface area contributed by atoms with Crippen molar-refractivity contribution in [2.24, 2.45) is 0 Å². The molecule has 0 saturated heterocycles. The average Bonchev–Trinajstić information content (AvgIpc) is 3.30. The quantitative estimate of drug-likeness (QED) is 0.240. The first-order valence-corrected chi connectivity index (χ1v) is 12.9. The maximum atomic E-state index is 13.3. The number of hydrogen-bond acceptors (Lipinski definition) is 4. The van der Waals surface area contributed by atoms with E-state index in [9.17, 15) is 18.6 Å². The number of carbonyl (C=O) groups is 1. The number of carbonyl (C=O) groups excluding carboxylic acids is 1. The summed E-state index contributed by atoms with van der Waals surface area (Å²) in [5, 5.41) is 5.05. The summed E-state index contributed by atoms with van der Waals surface area (Å²) in [4.78, 5) is 24.4. The molecule has 5 nitrogen and oxygen atoms in total. The average molecular weight is 481 g/mol. The Morgan fingerprint density at radius 2 is 1.85 bits per heavy atom. The van der Waals surface area contributed by atoms with Crippen LogP contribution in [0, 0.1) is 12.7 Å². The molecule has 1 aromatic heterocycles. The zero-order valence-electron chi connectivity index (χ0n) is 17.8. The molecule has 4 aromatic rings. The summed E-state index contributed by atoms with van der Waals surface area (Å²) < 4.78 is 26.2. The number of benzene rings is 3. The van der Waals surface area contributed by atoms with Crippen LogP contribution >= 0.6 is 18.7 Å². The Morgan fingerprint density at radius 3 is 2.52 bits per heavy atom. The van der Waals surface area contributed by atoms with Crippen molar-refractivity contribution in [3.63, 3.8) is 0 Å². The van der Waals surface area contributed by atoms with Gasteiger partial charge in [0.2, 0.25) is 7.37 Å². The molecule has 1 atom stereocenters. The van der Waals surface area contributed by atoms with Gasteiger partial charge in [0, 0.05) is 15.7 Å². The monoisotopic (exact) mass is 480 g/mol. The van der Waals surface area contributed by atoms with E-state index in [1.54, 1.807) is 48.6 Å². The van der Waals surface area contributed by atoms with Crippen LogP contribution in [-0.2, 0) is 10.7 Å². The highest BCUT2D eigenvalue weighted by Gasteiger charge is 2.24. The van der Waals surface area contributed by atoms with E-state index in [0.29, 0.717) is 28.1 Å². The third-order valence-corrected chi connectivity index (χ3v) is 8.22. The molecule has 0 aliphatic heterocycles. The Kier molecular flexibility index (Phi) is 6.47. The van der Waals surface area contributed by atoms with E-state index in [0.717, 1.165) is 10.4 Å². The van der Waals surface area contributed by atoms with Crippen molar-refractivity contribution in [1.82, 2.24) is 0 Å². The first-order chi connectivity index (χ1) is 15.7. The van der Waals surface area contributed by atoms with Crippen LogP contribution in [0.1, 0.15) is 21.5 Å². The standard InChI is InChI=1S/C25H22FN2O3PS/c1-16-13-20(26)9-11-23(16)32(30,31)15-17-4-6-18(7-5-17)25(29)28-22-14-19(8-10-21(22)27)24-3-2-12-33-24/h2-14H,15,27H2,1H3,(H,28,29)(H,30,31). The molecule has 4 N–H and O–H groups in total. The van der Waals surface area contributed by atoms with Gasteiger partial charge < -0.3 is 15.9 Å². The second-order valence-electron chi connectivity index (χ2n) is 7.72. The summed E-state index contributed by atoms with van der Waals surface area (Å²) in [5.41, 5.74) is 9.40. The maximum Gasteiger partial charge on any atom is 0.255 e.